The second-order valence-corrected chi connectivity index (χ2v) is 9.63. The van der Waals surface area contributed by atoms with Gasteiger partial charge in [0.05, 0.1) is 18.2 Å². The number of benzene rings is 2. The third-order valence-electron chi connectivity index (χ3n) is 6.13. The summed E-state index contributed by atoms with van der Waals surface area (Å²) in [6.45, 7) is 13.3. The van der Waals surface area contributed by atoms with E-state index in [0.29, 0.717) is 18.7 Å². The van der Waals surface area contributed by atoms with Gasteiger partial charge in [0, 0.05) is 12.1 Å². The molecule has 0 aliphatic carbocycles. The van der Waals surface area contributed by atoms with Crippen molar-refractivity contribution >= 4 is 17.4 Å². The van der Waals surface area contributed by atoms with Crippen LogP contribution < -0.4 is 4.74 Å². The highest BCUT2D eigenvalue weighted by Gasteiger charge is 2.45. The molecule has 33 heavy (non-hydrogen) atoms. The third-order valence-corrected chi connectivity index (χ3v) is 6.13. The average Bonchev–Trinajstić information content (AvgIpc) is 3.03. The van der Waals surface area contributed by atoms with E-state index >= 15 is 0 Å². The number of hydrogen-bond donors (Lipinski definition) is 1. The molecule has 0 spiro atoms. The molecule has 1 atom stereocenters. The van der Waals surface area contributed by atoms with E-state index in [9.17, 15) is 14.7 Å². The van der Waals surface area contributed by atoms with Crippen molar-refractivity contribution in [2.45, 2.75) is 65.8 Å². The Morgan fingerprint density at radius 2 is 1.73 bits per heavy atom. The summed E-state index contributed by atoms with van der Waals surface area (Å²) in [6.07, 6.45) is 1.68. The molecular weight excluding hydrogens is 414 g/mol. The Labute approximate surface area is 197 Å². The van der Waals surface area contributed by atoms with Crippen LogP contribution in [0.2, 0.25) is 0 Å². The predicted octanol–water partition coefficient (Wildman–Crippen LogP) is 5.91. The lowest BCUT2D eigenvalue weighted by atomic mass is 9.85. The third kappa shape index (κ3) is 4.97. The number of Topliss-reactive ketones (excluding diaryl/α,β-unsaturated/α-hetero) is 1. The van der Waals surface area contributed by atoms with Gasteiger partial charge in [-0.2, -0.15) is 0 Å². The quantitative estimate of drug-likeness (QED) is 0.324. The fourth-order valence-electron chi connectivity index (χ4n) is 4.22. The van der Waals surface area contributed by atoms with Gasteiger partial charge in [-0.25, -0.2) is 0 Å². The number of amides is 1. The van der Waals surface area contributed by atoms with Crippen molar-refractivity contribution < 1.29 is 19.4 Å². The number of carbonyl (C=O) groups is 2. The molecule has 0 bridgehead atoms. The zero-order valence-corrected chi connectivity index (χ0v) is 20.6. The summed E-state index contributed by atoms with van der Waals surface area (Å²) in [6, 6.07) is 12.7. The number of rotatable bonds is 7. The lowest BCUT2D eigenvalue weighted by Crippen LogP contribution is -2.30. The van der Waals surface area contributed by atoms with E-state index < -0.39 is 17.7 Å². The second-order valence-electron chi connectivity index (χ2n) is 9.63. The molecule has 1 heterocycles. The molecule has 1 unspecified atom stereocenters. The van der Waals surface area contributed by atoms with Gasteiger partial charge in [-0.15, -0.1) is 0 Å². The summed E-state index contributed by atoms with van der Waals surface area (Å²) in [4.78, 5) is 27.7. The highest BCUT2D eigenvalue weighted by Crippen LogP contribution is 2.40. The van der Waals surface area contributed by atoms with E-state index in [2.05, 4.69) is 20.8 Å². The minimum atomic E-state index is -0.639. The molecule has 0 saturated carbocycles. The monoisotopic (exact) mass is 449 g/mol. The van der Waals surface area contributed by atoms with E-state index in [1.807, 2.05) is 45.0 Å². The van der Waals surface area contributed by atoms with Crippen LogP contribution in [-0.4, -0.2) is 34.8 Å². The standard InChI is InChI=1S/C28H35NO4/c1-7-9-16-29-24(19-10-13-21(14-11-19)28(4,5)6)23(26(31)27(29)32)25(30)20-12-15-22(33-8-2)18(3)17-20/h10-15,17,24,30H,7-9,16H2,1-6H3/b25-23-. The van der Waals surface area contributed by atoms with Gasteiger partial charge in [0.25, 0.3) is 11.7 Å². The van der Waals surface area contributed by atoms with E-state index in [1.54, 1.807) is 23.1 Å². The molecule has 5 nitrogen and oxygen atoms in total. The summed E-state index contributed by atoms with van der Waals surface area (Å²) >= 11 is 0. The molecule has 5 heteroatoms. The number of nitrogens with zero attached hydrogens (tertiary/aromatic N) is 1. The Kier molecular flexibility index (Phi) is 7.31. The number of unbranched alkanes of at least 4 members (excludes halogenated alkanes) is 1. The maximum absolute atomic E-state index is 13.1. The summed E-state index contributed by atoms with van der Waals surface area (Å²) < 4.78 is 5.60. The molecule has 176 valence electrons. The van der Waals surface area contributed by atoms with E-state index in [0.717, 1.165) is 29.7 Å². The van der Waals surface area contributed by atoms with Crippen LogP contribution in [0.4, 0.5) is 0 Å². The number of carbonyl (C=O) groups excluding carboxylic acids is 2. The average molecular weight is 450 g/mol. The SMILES string of the molecule is CCCCN1C(=O)C(=O)/C(=C(\O)c2ccc(OCC)c(C)c2)C1c1ccc(C(C)(C)C)cc1. The van der Waals surface area contributed by atoms with Crippen molar-refractivity contribution in [1.82, 2.24) is 4.90 Å². The molecule has 0 radical (unpaired) electrons. The predicted molar refractivity (Wildman–Crippen MR) is 131 cm³/mol. The van der Waals surface area contributed by atoms with Gasteiger partial charge >= 0.3 is 0 Å². The molecule has 3 rings (SSSR count). The zero-order valence-electron chi connectivity index (χ0n) is 20.6. The Hall–Kier alpha value is -3.08. The van der Waals surface area contributed by atoms with Crippen LogP contribution in [0, 0.1) is 6.92 Å². The molecule has 1 fully saturated rings. The van der Waals surface area contributed by atoms with Gasteiger partial charge in [-0.3, -0.25) is 9.59 Å². The number of ketones is 1. The van der Waals surface area contributed by atoms with Crippen molar-refractivity contribution in [1.29, 1.82) is 0 Å². The van der Waals surface area contributed by atoms with Crippen molar-refractivity contribution in [3.05, 3.63) is 70.3 Å². The first-order valence-electron chi connectivity index (χ1n) is 11.7. The Morgan fingerprint density at radius 3 is 2.27 bits per heavy atom. The Morgan fingerprint density at radius 1 is 1.06 bits per heavy atom. The first kappa shape index (κ1) is 24.6. The van der Waals surface area contributed by atoms with Crippen molar-refractivity contribution in [2.75, 3.05) is 13.2 Å². The molecule has 1 aliphatic rings. The number of hydrogen-bond acceptors (Lipinski definition) is 4. The molecule has 1 saturated heterocycles. The number of likely N-dealkylation sites (tertiary alicyclic amines) is 1. The minimum absolute atomic E-state index is 0.0115. The van der Waals surface area contributed by atoms with Crippen LogP contribution in [0.1, 0.15) is 75.8 Å². The molecular formula is C28H35NO4. The first-order valence-corrected chi connectivity index (χ1v) is 11.7. The number of aryl methyl sites for hydroxylation is 1. The highest BCUT2D eigenvalue weighted by atomic mass is 16.5. The highest BCUT2D eigenvalue weighted by molar-refractivity contribution is 6.46. The van der Waals surface area contributed by atoms with Crippen LogP contribution in [0.15, 0.2) is 48.0 Å². The number of aliphatic hydroxyl groups excluding tert-OH is 1. The van der Waals surface area contributed by atoms with Gasteiger partial charge in [0.2, 0.25) is 0 Å². The van der Waals surface area contributed by atoms with Crippen LogP contribution in [0.25, 0.3) is 5.76 Å². The van der Waals surface area contributed by atoms with Gasteiger partial charge in [0.1, 0.15) is 11.5 Å². The second kappa shape index (κ2) is 9.82. The first-order chi connectivity index (χ1) is 15.6. The summed E-state index contributed by atoms with van der Waals surface area (Å²) in [5.74, 6) is -0.618. The van der Waals surface area contributed by atoms with Gasteiger partial charge < -0.3 is 14.7 Å². The fourth-order valence-corrected chi connectivity index (χ4v) is 4.22. The van der Waals surface area contributed by atoms with Crippen molar-refractivity contribution in [2.24, 2.45) is 0 Å². The Bertz CT molecular complexity index is 1060. The summed E-state index contributed by atoms with van der Waals surface area (Å²) in [5.41, 5.74) is 3.47. The number of aliphatic hydroxyl groups is 1. The lowest BCUT2D eigenvalue weighted by Gasteiger charge is -2.26. The van der Waals surface area contributed by atoms with E-state index in [4.69, 9.17) is 4.74 Å². The van der Waals surface area contributed by atoms with Gasteiger partial charge in [-0.05, 0) is 60.6 Å². The van der Waals surface area contributed by atoms with E-state index in [1.165, 1.54) is 5.56 Å². The van der Waals surface area contributed by atoms with Gasteiger partial charge in [0.15, 0.2) is 0 Å². The molecule has 1 N–H and O–H groups in total. The largest absolute Gasteiger partial charge is 0.507 e. The van der Waals surface area contributed by atoms with Crippen LogP contribution >= 0.6 is 0 Å². The summed E-state index contributed by atoms with van der Waals surface area (Å²) in [5, 5.41) is 11.3. The molecule has 0 aromatic heterocycles. The van der Waals surface area contributed by atoms with E-state index in [-0.39, 0.29) is 16.7 Å². The maximum Gasteiger partial charge on any atom is 0.295 e. The normalized spacial score (nSPS) is 18.1. The smallest absolute Gasteiger partial charge is 0.295 e. The van der Waals surface area contributed by atoms with Crippen LogP contribution in [0.3, 0.4) is 0 Å². The van der Waals surface area contributed by atoms with Crippen molar-refractivity contribution in [3.8, 4) is 5.75 Å². The lowest BCUT2D eigenvalue weighted by molar-refractivity contribution is -0.139. The minimum Gasteiger partial charge on any atom is -0.507 e. The fraction of sp³-hybridized carbons (Fsp3) is 0.429. The molecule has 1 amide bonds. The molecule has 2 aromatic rings. The summed E-state index contributed by atoms with van der Waals surface area (Å²) in [7, 11) is 0. The number of ether oxygens (including phenoxy) is 1. The molecule has 1 aliphatic heterocycles. The van der Waals surface area contributed by atoms with Crippen LogP contribution in [-0.2, 0) is 15.0 Å². The van der Waals surface area contributed by atoms with Gasteiger partial charge in [-0.1, -0.05) is 58.4 Å². The topological polar surface area (TPSA) is 66.8 Å². The maximum atomic E-state index is 13.1. The van der Waals surface area contributed by atoms with Crippen molar-refractivity contribution in [3.63, 3.8) is 0 Å². The zero-order chi connectivity index (χ0) is 24.3. The molecule has 2 aromatic carbocycles. The Balaban J connectivity index is 2.13. The van der Waals surface area contributed by atoms with Crippen LogP contribution in [0.5, 0.6) is 5.75 Å².